The van der Waals surface area contributed by atoms with Crippen molar-refractivity contribution in [2.24, 2.45) is 11.8 Å². The molecule has 3 rings (SSSR count). The van der Waals surface area contributed by atoms with Crippen LogP contribution in [-0.4, -0.2) is 28.6 Å². The van der Waals surface area contributed by atoms with Crippen LogP contribution < -0.4 is 5.32 Å². The quantitative estimate of drug-likeness (QED) is 0.810. The van der Waals surface area contributed by atoms with Crippen LogP contribution in [0.5, 0.6) is 0 Å². The van der Waals surface area contributed by atoms with Gasteiger partial charge in [-0.05, 0) is 49.7 Å². The van der Waals surface area contributed by atoms with Crippen molar-refractivity contribution in [3.05, 3.63) is 29.6 Å². The van der Waals surface area contributed by atoms with E-state index in [-0.39, 0.29) is 12.5 Å². The van der Waals surface area contributed by atoms with Gasteiger partial charge < -0.3 is 10.4 Å². The lowest BCUT2D eigenvalue weighted by molar-refractivity contribution is 0.0921. The van der Waals surface area contributed by atoms with Gasteiger partial charge in [-0.2, -0.15) is 0 Å². The number of aromatic nitrogens is 1. The molecule has 2 N–H and O–H groups in total. The van der Waals surface area contributed by atoms with E-state index >= 15 is 0 Å². The maximum atomic E-state index is 12.5. The molecule has 1 aromatic heterocycles. The molecule has 0 aromatic carbocycles. The highest BCUT2D eigenvalue weighted by Crippen LogP contribution is 2.44. The SMILES string of the molecule is O=C(NC(C1CC1)C1CC1)c1ncccc1C#CCCO. The van der Waals surface area contributed by atoms with Crippen molar-refractivity contribution >= 4 is 5.91 Å². The lowest BCUT2D eigenvalue weighted by atomic mass is 10.1. The third kappa shape index (κ3) is 3.62. The summed E-state index contributed by atoms with van der Waals surface area (Å²) < 4.78 is 0. The molecule has 0 aliphatic heterocycles. The van der Waals surface area contributed by atoms with E-state index in [1.54, 1.807) is 18.3 Å². The second-order valence-corrected chi connectivity index (χ2v) is 5.85. The third-order valence-electron chi connectivity index (χ3n) is 4.04. The fourth-order valence-electron chi connectivity index (χ4n) is 2.65. The fourth-order valence-corrected chi connectivity index (χ4v) is 2.65. The van der Waals surface area contributed by atoms with Gasteiger partial charge in [-0.25, -0.2) is 4.98 Å². The molecule has 0 bridgehead atoms. The monoisotopic (exact) mass is 284 g/mol. The molecular formula is C17H20N2O2. The Bertz CT molecular complexity index is 568. The minimum absolute atomic E-state index is 0.0280. The molecule has 2 aliphatic carbocycles. The van der Waals surface area contributed by atoms with E-state index in [9.17, 15) is 4.79 Å². The zero-order valence-corrected chi connectivity index (χ0v) is 12.0. The third-order valence-corrected chi connectivity index (χ3v) is 4.04. The minimum atomic E-state index is -0.118. The van der Waals surface area contributed by atoms with Gasteiger partial charge >= 0.3 is 0 Å². The normalized spacial score (nSPS) is 17.2. The van der Waals surface area contributed by atoms with Gasteiger partial charge in [0, 0.05) is 18.7 Å². The highest BCUT2D eigenvalue weighted by atomic mass is 16.2. The fraction of sp³-hybridized carbons (Fsp3) is 0.529. The number of hydrogen-bond donors (Lipinski definition) is 2. The average Bonchev–Trinajstić information content (AvgIpc) is 3.39. The summed E-state index contributed by atoms with van der Waals surface area (Å²) in [4.78, 5) is 16.7. The minimum Gasteiger partial charge on any atom is -0.395 e. The first kappa shape index (κ1) is 14.1. The van der Waals surface area contributed by atoms with E-state index in [0.717, 1.165) is 0 Å². The van der Waals surface area contributed by atoms with Crippen LogP contribution in [0.15, 0.2) is 18.3 Å². The molecule has 21 heavy (non-hydrogen) atoms. The molecule has 0 spiro atoms. The molecular weight excluding hydrogens is 264 g/mol. The van der Waals surface area contributed by atoms with Crippen molar-refractivity contribution in [1.82, 2.24) is 10.3 Å². The second-order valence-electron chi connectivity index (χ2n) is 5.85. The Labute approximate surface area is 125 Å². The molecule has 0 unspecified atom stereocenters. The molecule has 1 aromatic rings. The van der Waals surface area contributed by atoms with E-state index < -0.39 is 0 Å². The topological polar surface area (TPSA) is 62.2 Å². The summed E-state index contributed by atoms with van der Waals surface area (Å²) in [7, 11) is 0. The molecule has 2 saturated carbocycles. The first-order valence-electron chi connectivity index (χ1n) is 7.65. The van der Waals surface area contributed by atoms with Gasteiger partial charge in [0.2, 0.25) is 0 Å². The number of amides is 1. The van der Waals surface area contributed by atoms with Gasteiger partial charge in [0.25, 0.3) is 5.91 Å². The van der Waals surface area contributed by atoms with Crippen LogP contribution >= 0.6 is 0 Å². The Morgan fingerprint density at radius 3 is 2.71 bits per heavy atom. The Morgan fingerprint density at radius 2 is 2.10 bits per heavy atom. The molecule has 2 fully saturated rings. The van der Waals surface area contributed by atoms with Gasteiger partial charge in [0.1, 0.15) is 5.69 Å². The van der Waals surface area contributed by atoms with Gasteiger partial charge in [-0.1, -0.05) is 11.8 Å². The van der Waals surface area contributed by atoms with Crippen molar-refractivity contribution in [3.63, 3.8) is 0 Å². The van der Waals surface area contributed by atoms with Crippen molar-refractivity contribution < 1.29 is 9.90 Å². The summed E-state index contributed by atoms with van der Waals surface area (Å²) in [6.45, 7) is 0.0280. The number of carbonyl (C=O) groups is 1. The number of aliphatic hydroxyl groups is 1. The number of nitrogens with zero attached hydrogens (tertiary/aromatic N) is 1. The van der Waals surface area contributed by atoms with Crippen LogP contribution in [0.1, 0.15) is 48.2 Å². The number of hydrogen-bond acceptors (Lipinski definition) is 3. The van der Waals surface area contributed by atoms with Crippen LogP contribution in [0.25, 0.3) is 0 Å². The highest BCUT2D eigenvalue weighted by Gasteiger charge is 2.42. The Balaban J connectivity index is 1.73. The summed E-state index contributed by atoms with van der Waals surface area (Å²) in [5.74, 6) is 6.98. The number of rotatable bonds is 5. The lowest BCUT2D eigenvalue weighted by Gasteiger charge is -2.17. The van der Waals surface area contributed by atoms with Crippen LogP contribution in [0.2, 0.25) is 0 Å². The first-order valence-corrected chi connectivity index (χ1v) is 7.65. The molecule has 4 nitrogen and oxygen atoms in total. The van der Waals surface area contributed by atoms with Crippen molar-refractivity contribution in [2.45, 2.75) is 38.1 Å². The van der Waals surface area contributed by atoms with E-state index in [1.807, 2.05) is 0 Å². The Morgan fingerprint density at radius 1 is 1.38 bits per heavy atom. The largest absolute Gasteiger partial charge is 0.395 e. The van der Waals surface area contributed by atoms with Gasteiger partial charge in [-0.15, -0.1) is 0 Å². The van der Waals surface area contributed by atoms with E-state index in [1.165, 1.54) is 25.7 Å². The molecule has 110 valence electrons. The predicted octanol–water partition coefficient (Wildman–Crippen LogP) is 1.73. The standard InChI is InChI=1S/C17H20N2O2/c20-11-2-1-4-12-5-3-10-18-16(12)17(21)19-15(13-6-7-13)14-8-9-14/h3,5,10,13-15,20H,2,6-9,11H2,(H,19,21). The number of aliphatic hydroxyl groups excluding tert-OH is 1. The highest BCUT2D eigenvalue weighted by molar-refractivity contribution is 5.95. The zero-order valence-electron chi connectivity index (χ0n) is 12.0. The summed E-state index contributed by atoms with van der Waals surface area (Å²) in [6.07, 6.45) is 6.94. The number of pyridine rings is 1. The van der Waals surface area contributed by atoms with E-state index in [4.69, 9.17) is 5.11 Å². The van der Waals surface area contributed by atoms with Crippen molar-refractivity contribution in [2.75, 3.05) is 6.61 Å². The van der Waals surface area contributed by atoms with Crippen molar-refractivity contribution in [3.8, 4) is 11.8 Å². The lowest BCUT2D eigenvalue weighted by Crippen LogP contribution is -2.38. The maximum Gasteiger partial charge on any atom is 0.271 e. The van der Waals surface area contributed by atoms with Gasteiger partial charge in [-0.3, -0.25) is 4.79 Å². The summed E-state index contributed by atoms with van der Waals surface area (Å²) in [6, 6.07) is 3.90. The average molecular weight is 284 g/mol. The molecule has 0 atom stereocenters. The summed E-state index contributed by atoms with van der Waals surface area (Å²) in [5.41, 5.74) is 1.03. The molecule has 2 aliphatic rings. The number of carbonyl (C=O) groups excluding carboxylic acids is 1. The van der Waals surface area contributed by atoms with Gasteiger partial charge in [0.05, 0.1) is 12.2 Å². The second kappa shape index (κ2) is 6.28. The van der Waals surface area contributed by atoms with Crippen molar-refractivity contribution in [1.29, 1.82) is 0 Å². The molecule has 0 saturated heterocycles. The van der Waals surface area contributed by atoms with Crippen LogP contribution in [0, 0.1) is 23.7 Å². The molecule has 1 amide bonds. The van der Waals surface area contributed by atoms with E-state index in [0.29, 0.717) is 35.6 Å². The van der Waals surface area contributed by atoms with Gasteiger partial charge in [0.15, 0.2) is 0 Å². The van der Waals surface area contributed by atoms with Crippen LogP contribution in [0.3, 0.4) is 0 Å². The smallest absolute Gasteiger partial charge is 0.271 e. The Hall–Kier alpha value is -1.86. The predicted molar refractivity (Wildman–Crippen MR) is 79.5 cm³/mol. The first-order chi connectivity index (χ1) is 10.3. The van der Waals surface area contributed by atoms with E-state index in [2.05, 4.69) is 22.1 Å². The molecule has 0 radical (unpaired) electrons. The molecule has 4 heteroatoms. The summed E-state index contributed by atoms with van der Waals surface area (Å²) >= 11 is 0. The van der Waals surface area contributed by atoms with Crippen LogP contribution in [-0.2, 0) is 0 Å². The maximum absolute atomic E-state index is 12.5. The summed E-state index contributed by atoms with van der Waals surface area (Å²) in [5, 5.41) is 11.9. The Kier molecular flexibility index (Phi) is 4.21. The zero-order chi connectivity index (χ0) is 14.7. The van der Waals surface area contributed by atoms with Crippen LogP contribution in [0.4, 0.5) is 0 Å². The molecule has 1 heterocycles. The number of nitrogens with one attached hydrogen (secondary N) is 1.